The van der Waals surface area contributed by atoms with E-state index >= 15 is 0 Å². The summed E-state index contributed by atoms with van der Waals surface area (Å²) in [4.78, 5) is 0. The van der Waals surface area contributed by atoms with Crippen molar-refractivity contribution >= 4 is 15.9 Å². The van der Waals surface area contributed by atoms with Gasteiger partial charge in [-0.3, -0.25) is 0 Å². The number of ether oxygens (including phenoxy) is 1. The summed E-state index contributed by atoms with van der Waals surface area (Å²) in [6.07, 6.45) is -3.26. The monoisotopic (exact) mass is 306 g/mol. The standard InChI is InChI=1S/C11H6BrF3O2/c12-8-4-7(10-2-1-3-16-10)5-9(6-8)17-11(13,14)15/h1-6H. The van der Waals surface area contributed by atoms with Gasteiger partial charge in [-0.25, -0.2) is 0 Å². The molecule has 1 aromatic heterocycles. The Morgan fingerprint density at radius 2 is 1.94 bits per heavy atom. The Bertz CT molecular complexity index is 506. The highest BCUT2D eigenvalue weighted by molar-refractivity contribution is 9.10. The molecule has 90 valence electrons. The molecule has 0 atom stereocenters. The Morgan fingerprint density at radius 1 is 1.18 bits per heavy atom. The SMILES string of the molecule is FC(F)(F)Oc1cc(Br)cc(-c2ccco2)c1. The van der Waals surface area contributed by atoms with Crippen molar-refractivity contribution in [3.63, 3.8) is 0 Å². The molecule has 0 radical (unpaired) electrons. The molecule has 0 saturated carbocycles. The van der Waals surface area contributed by atoms with Gasteiger partial charge in [0, 0.05) is 10.0 Å². The van der Waals surface area contributed by atoms with Crippen LogP contribution in [0.2, 0.25) is 0 Å². The number of benzene rings is 1. The zero-order valence-electron chi connectivity index (χ0n) is 8.29. The Balaban J connectivity index is 2.36. The van der Waals surface area contributed by atoms with Crippen LogP contribution in [0.15, 0.2) is 45.5 Å². The molecule has 0 unspecified atom stereocenters. The third-order valence-electron chi connectivity index (χ3n) is 1.91. The summed E-state index contributed by atoms with van der Waals surface area (Å²) < 4.78 is 45.7. The minimum atomic E-state index is -4.71. The lowest BCUT2D eigenvalue weighted by molar-refractivity contribution is -0.274. The summed E-state index contributed by atoms with van der Waals surface area (Å²) >= 11 is 3.12. The fourth-order valence-corrected chi connectivity index (χ4v) is 1.81. The average molecular weight is 307 g/mol. The van der Waals surface area contributed by atoms with Crippen molar-refractivity contribution in [1.82, 2.24) is 0 Å². The lowest BCUT2D eigenvalue weighted by Crippen LogP contribution is -2.17. The third kappa shape index (κ3) is 3.26. The molecular weight excluding hydrogens is 301 g/mol. The molecule has 0 aliphatic rings. The van der Waals surface area contributed by atoms with Crippen LogP contribution in [-0.4, -0.2) is 6.36 Å². The van der Waals surface area contributed by atoms with Crippen molar-refractivity contribution in [1.29, 1.82) is 0 Å². The van der Waals surface area contributed by atoms with E-state index in [1.54, 1.807) is 18.2 Å². The van der Waals surface area contributed by atoms with Gasteiger partial charge in [-0.05, 0) is 30.3 Å². The Morgan fingerprint density at radius 3 is 2.53 bits per heavy atom. The van der Waals surface area contributed by atoms with Crippen molar-refractivity contribution in [2.75, 3.05) is 0 Å². The van der Waals surface area contributed by atoms with Gasteiger partial charge in [-0.2, -0.15) is 0 Å². The number of alkyl halides is 3. The van der Waals surface area contributed by atoms with E-state index in [4.69, 9.17) is 4.42 Å². The summed E-state index contributed by atoms with van der Waals surface area (Å²) in [5.41, 5.74) is 0.503. The first-order valence-corrected chi connectivity index (χ1v) is 5.33. The van der Waals surface area contributed by atoms with Crippen LogP contribution in [-0.2, 0) is 0 Å². The second-order valence-electron chi connectivity index (χ2n) is 3.20. The maximum absolute atomic E-state index is 12.1. The largest absolute Gasteiger partial charge is 0.573 e. The van der Waals surface area contributed by atoms with E-state index in [1.165, 1.54) is 18.4 Å². The van der Waals surface area contributed by atoms with E-state index in [-0.39, 0.29) is 5.75 Å². The van der Waals surface area contributed by atoms with Crippen molar-refractivity contribution in [3.8, 4) is 17.1 Å². The highest BCUT2D eigenvalue weighted by Gasteiger charge is 2.31. The van der Waals surface area contributed by atoms with Gasteiger partial charge in [-0.1, -0.05) is 15.9 Å². The smallest absolute Gasteiger partial charge is 0.464 e. The lowest BCUT2D eigenvalue weighted by Gasteiger charge is -2.10. The average Bonchev–Trinajstić information content (AvgIpc) is 2.65. The van der Waals surface area contributed by atoms with Crippen LogP contribution in [0.3, 0.4) is 0 Å². The number of hydrogen-bond acceptors (Lipinski definition) is 2. The van der Waals surface area contributed by atoms with Crippen LogP contribution < -0.4 is 4.74 Å². The van der Waals surface area contributed by atoms with Gasteiger partial charge in [-0.15, -0.1) is 13.2 Å². The summed E-state index contributed by atoms with van der Waals surface area (Å²) in [7, 11) is 0. The van der Waals surface area contributed by atoms with E-state index in [0.29, 0.717) is 15.8 Å². The van der Waals surface area contributed by atoms with Gasteiger partial charge < -0.3 is 9.15 Å². The normalized spacial score (nSPS) is 11.5. The second kappa shape index (κ2) is 4.44. The fourth-order valence-electron chi connectivity index (χ4n) is 1.34. The molecule has 0 spiro atoms. The summed E-state index contributed by atoms with van der Waals surface area (Å²) in [6.45, 7) is 0. The van der Waals surface area contributed by atoms with Gasteiger partial charge in [0.25, 0.3) is 0 Å². The molecule has 2 nitrogen and oxygen atoms in total. The maximum Gasteiger partial charge on any atom is 0.573 e. The van der Waals surface area contributed by atoms with Gasteiger partial charge >= 0.3 is 6.36 Å². The highest BCUT2D eigenvalue weighted by atomic mass is 79.9. The van der Waals surface area contributed by atoms with E-state index in [2.05, 4.69) is 20.7 Å². The molecule has 2 rings (SSSR count). The van der Waals surface area contributed by atoms with Crippen molar-refractivity contribution in [3.05, 3.63) is 41.1 Å². The molecule has 0 saturated heterocycles. The Labute approximate surface area is 103 Å². The predicted molar refractivity (Wildman–Crippen MR) is 58.5 cm³/mol. The minimum absolute atomic E-state index is 0.293. The fraction of sp³-hybridized carbons (Fsp3) is 0.0909. The first kappa shape index (κ1) is 12.0. The van der Waals surface area contributed by atoms with Crippen molar-refractivity contribution in [2.24, 2.45) is 0 Å². The van der Waals surface area contributed by atoms with Crippen LogP contribution in [0.25, 0.3) is 11.3 Å². The van der Waals surface area contributed by atoms with E-state index in [0.717, 1.165) is 0 Å². The molecule has 0 N–H and O–H groups in total. The van der Waals surface area contributed by atoms with Crippen LogP contribution in [0.1, 0.15) is 0 Å². The molecule has 0 fully saturated rings. The molecule has 0 bridgehead atoms. The Kier molecular flexibility index (Phi) is 3.15. The van der Waals surface area contributed by atoms with Crippen molar-refractivity contribution in [2.45, 2.75) is 6.36 Å². The number of rotatable bonds is 2. The number of halogens is 4. The van der Waals surface area contributed by atoms with Crippen molar-refractivity contribution < 1.29 is 22.3 Å². The Hall–Kier alpha value is -1.43. The van der Waals surface area contributed by atoms with Gasteiger partial charge in [0.05, 0.1) is 6.26 Å². The van der Waals surface area contributed by atoms with Crippen LogP contribution >= 0.6 is 15.9 Å². The van der Waals surface area contributed by atoms with Crippen LogP contribution in [0.4, 0.5) is 13.2 Å². The molecule has 1 heterocycles. The van der Waals surface area contributed by atoms with E-state index in [1.807, 2.05) is 0 Å². The topological polar surface area (TPSA) is 22.4 Å². The lowest BCUT2D eigenvalue weighted by atomic mass is 10.1. The predicted octanol–water partition coefficient (Wildman–Crippen LogP) is 4.61. The summed E-state index contributed by atoms with van der Waals surface area (Å²) in [6, 6.07) is 7.44. The molecular formula is C11H6BrF3O2. The van der Waals surface area contributed by atoms with Crippen LogP contribution in [0, 0.1) is 0 Å². The first-order valence-electron chi connectivity index (χ1n) is 4.54. The second-order valence-corrected chi connectivity index (χ2v) is 4.12. The molecule has 1 aromatic carbocycles. The number of furan rings is 1. The molecule has 0 aliphatic heterocycles. The maximum atomic E-state index is 12.1. The van der Waals surface area contributed by atoms with Gasteiger partial charge in [0.1, 0.15) is 11.5 Å². The zero-order valence-corrected chi connectivity index (χ0v) is 9.88. The quantitative estimate of drug-likeness (QED) is 0.808. The molecule has 17 heavy (non-hydrogen) atoms. The van der Waals surface area contributed by atoms with Gasteiger partial charge in [0.2, 0.25) is 0 Å². The van der Waals surface area contributed by atoms with E-state index < -0.39 is 6.36 Å². The third-order valence-corrected chi connectivity index (χ3v) is 2.37. The molecule has 0 aliphatic carbocycles. The molecule has 0 amide bonds. The number of hydrogen-bond donors (Lipinski definition) is 0. The van der Waals surface area contributed by atoms with E-state index in [9.17, 15) is 13.2 Å². The highest BCUT2D eigenvalue weighted by Crippen LogP contribution is 2.31. The summed E-state index contributed by atoms with van der Waals surface area (Å²) in [5, 5.41) is 0. The minimum Gasteiger partial charge on any atom is -0.464 e. The van der Waals surface area contributed by atoms with Gasteiger partial charge in [0.15, 0.2) is 0 Å². The molecule has 2 aromatic rings. The first-order chi connectivity index (χ1) is 7.94. The van der Waals surface area contributed by atoms with Crippen LogP contribution in [0.5, 0.6) is 5.75 Å². The zero-order chi connectivity index (χ0) is 12.5. The molecule has 6 heteroatoms. The summed E-state index contributed by atoms with van der Waals surface area (Å²) in [5.74, 6) is 0.177.